The maximum atomic E-state index is 8.89. The van der Waals surface area contributed by atoms with Gasteiger partial charge in [0.25, 0.3) is 0 Å². The topological polar surface area (TPSA) is 62.7 Å². The number of hydrogen-bond acceptors (Lipinski definition) is 3. The first-order chi connectivity index (χ1) is 8.11. The highest BCUT2D eigenvalue weighted by molar-refractivity contribution is 6.35. The van der Waals surface area contributed by atoms with Gasteiger partial charge in [0, 0.05) is 21.8 Å². The number of nitriles is 1. The van der Waals surface area contributed by atoms with E-state index >= 15 is 0 Å². The molecule has 2 N–H and O–H groups in total. The summed E-state index contributed by atoms with van der Waals surface area (Å²) >= 11 is 11.8. The number of anilines is 1. The molecule has 0 saturated heterocycles. The molecule has 0 saturated carbocycles. The number of nitrogen functional groups attached to an aromatic ring is 1. The molecule has 17 heavy (non-hydrogen) atoms. The maximum absolute atomic E-state index is 8.89. The highest BCUT2D eigenvalue weighted by Gasteiger charge is 2.09. The molecule has 0 aliphatic heterocycles. The van der Waals surface area contributed by atoms with Crippen molar-refractivity contribution >= 4 is 28.9 Å². The van der Waals surface area contributed by atoms with E-state index in [1.807, 2.05) is 6.07 Å². The number of nitrogens with zero attached hydrogens (tertiary/aromatic N) is 2. The van der Waals surface area contributed by atoms with Crippen LogP contribution in [-0.4, -0.2) is 4.98 Å². The highest BCUT2D eigenvalue weighted by atomic mass is 35.5. The molecule has 1 heterocycles. The lowest BCUT2D eigenvalue weighted by Crippen LogP contribution is -1.96. The molecule has 84 valence electrons. The van der Waals surface area contributed by atoms with Gasteiger partial charge in [-0.25, -0.2) is 0 Å². The number of halogens is 2. The molecular formula is C12H7Cl2N3. The van der Waals surface area contributed by atoms with E-state index < -0.39 is 0 Å². The van der Waals surface area contributed by atoms with Crippen LogP contribution in [0.4, 0.5) is 5.69 Å². The van der Waals surface area contributed by atoms with Crippen molar-refractivity contribution < 1.29 is 0 Å². The van der Waals surface area contributed by atoms with Crippen LogP contribution in [0.3, 0.4) is 0 Å². The summed E-state index contributed by atoms with van der Waals surface area (Å²) in [5, 5.41) is 9.88. The summed E-state index contributed by atoms with van der Waals surface area (Å²) < 4.78 is 0. The van der Waals surface area contributed by atoms with Gasteiger partial charge in [0.2, 0.25) is 0 Å². The second-order valence-corrected chi connectivity index (χ2v) is 4.26. The molecule has 0 unspecified atom stereocenters. The van der Waals surface area contributed by atoms with Crippen LogP contribution >= 0.6 is 23.2 Å². The number of nitrogens with two attached hydrogens (primary N) is 1. The van der Waals surface area contributed by atoms with Gasteiger partial charge in [0.1, 0.15) is 6.07 Å². The van der Waals surface area contributed by atoms with Crippen molar-refractivity contribution in [2.45, 2.75) is 0 Å². The second kappa shape index (κ2) is 4.62. The van der Waals surface area contributed by atoms with Gasteiger partial charge in [0.15, 0.2) is 0 Å². The fraction of sp³-hybridized carbons (Fsp3) is 0. The lowest BCUT2D eigenvalue weighted by atomic mass is 10.1. The Hall–Kier alpha value is -1.76. The summed E-state index contributed by atoms with van der Waals surface area (Å²) in [4.78, 5) is 4.15. The molecule has 2 aromatic rings. The summed E-state index contributed by atoms with van der Waals surface area (Å²) in [5.41, 5.74) is 7.76. The summed E-state index contributed by atoms with van der Waals surface area (Å²) in [6.45, 7) is 0. The van der Waals surface area contributed by atoms with E-state index in [4.69, 9.17) is 34.2 Å². The largest absolute Gasteiger partial charge is 0.396 e. The molecule has 0 atom stereocenters. The molecule has 0 aliphatic carbocycles. The van der Waals surface area contributed by atoms with Crippen LogP contribution in [0.5, 0.6) is 0 Å². The van der Waals surface area contributed by atoms with Crippen LogP contribution in [0, 0.1) is 11.3 Å². The van der Waals surface area contributed by atoms with Crippen LogP contribution in [0.15, 0.2) is 30.5 Å². The van der Waals surface area contributed by atoms with Gasteiger partial charge in [-0.1, -0.05) is 23.2 Å². The normalized spacial score (nSPS) is 9.94. The third-order valence-corrected chi connectivity index (χ3v) is 2.68. The molecule has 0 amide bonds. The Labute approximate surface area is 108 Å². The highest BCUT2D eigenvalue weighted by Crippen LogP contribution is 2.30. The Bertz CT molecular complexity index is 597. The number of pyridine rings is 1. The molecule has 0 fully saturated rings. The summed E-state index contributed by atoms with van der Waals surface area (Å²) in [7, 11) is 0. The third-order valence-electron chi connectivity index (χ3n) is 2.25. The van der Waals surface area contributed by atoms with E-state index in [0.29, 0.717) is 32.6 Å². The molecule has 2 rings (SSSR count). The predicted molar refractivity (Wildman–Crippen MR) is 68.8 cm³/mol. The van der Waals surface area contributed by atoms with Crippen LogP contribution in [0.2, 0.25) is 10.0 Å². The molecule has 0 spiro atoms. The molecular weight excluding hydrogens is 257 g/mol. The van der Waals surface area contributed by atoms with Crippen molar-refractivity contribution in [1.82, 2.24) is 4.98 Å². The zero-order valence-corrected chi connectivity index (χ0v) is 10.1. The van der Waals surface area contributed by atoms with Gasteiger partial charge < -0.3 is 5.73 Å². The van der Waals surface area contributed by atoms with Gasteiger partial charge in [-0.2, -0.15) is 5.26 Å². The summed E-state index contributed by atoms with van der Waals surface area (Å²) in [5.74, 6) is 0. The molecule has 0 bridgehead atoms. The van der Waals surface area contributed by atoms with Gasteiger partial charge in [-0.05, 0) is 24.3 Å². The minimum atomic E-state index is 0.327. The number of aromatic nitrogens is 1. The average Bonchev–Trinajstić information content (AvgIpc) is 2.28. The second-order valence-electron chi connectivity index (χ2n) is 3.39. The molecule has 1 aromatic heterocycles. The van der Waals surface area contributed by atoms with Crippen molar-refractivity contribution in [2.75, 3.05) is 5.73 Å². The van der Waals surface area contributed by atoms with Crippen molar-refractivity contribution in [3.8, 4) is 17.3 Å². The Morgan fingerprint density at radius 1 is 1.18 bits per heavy atom. The van der Waals surface area contributed by atoms with Crippen LogP contribution in [0.25, 0.3) is 11.3 Å². The van der Waals surface area contributed by atoms with Crippen LogP contribution in [-0.2, 0) is 0 Å². The molecule has 1 aromatic carbocycles. The van der Waals surface area contributed by atoms with Crippen LogP contribution in [0.1, 0.15) is 5.56 Å². The lowest BCUT2D eigenvalue weighted by molar-refractivity contribution is 1.31. The van der Waals surface area contributed by atoms with E-state index in [2.05, 4.69) is 4.98 Å². The first kappa shape index (κ1) is 11.7. The minimum Gasteiger partial charge on any atom is -0.396 e. The zero-order valence-electron chi connectivity index (χ0n) is 8.61. The Morgan fingerprint density at radius 3 is 2.41 bits per heavy atom. The Kier molecular flexibility index (Phi) is 3.19. The van der Waals surface area contributed by atoms with Crippen molar-refractivity contribution in [3.63, 3.8) is 0 Å². The minimum absolute atomic E-state index is 0.327. The summed E-state index contributed by atoms with van der Waals surface area (Å²) in [6.07, 6.45) is 1.53. The maximum Gasteiger partial charge on any atom is 0.101 e. The van der Waals surface area contributed by atoms with Gasteiger partial charge in [-0.3, -0.25) is 4.98 Å². The standard InChI is InChI=1S/C12H7Cl2N3/c13-9-3-8(4-10(14)5-9)12-11(16)7(6-15)1-2-17-12/h1-5H,16H2. The number of rotatable bonds is 1. The fourth-order valence-electron chi connectivity index (χ4n) is 1.49. The first-order valence-electron chi connectivity index (χ1n) is 4.73. The average molecular weight is 264 g/mol. The Balaban J connectivity index is 2.65. The molecule has 0 radical (unpaired) electrons. The molecule has 0 aliphatic rings. The predicted octanol–water partition coefficient (Wildman–Crippen LogP) is 3.51. The molecule has 5 heteroatoms. The number of benzene rings is 1. The van der Waals surface area contributed by atoms with E-state index in [-0.39, 0.29) is 0 Å². The van der Waals surface area contributed by atoms with E-state index in [1.54, 1.807) is 24.3 Å². The summed E-state index contributed by atoms with van der Waals surface area (Å²) in [6, 6.07) is 8.59. The van der Waals surface area contributed by atoms with Crippen molar-refractivity contribution in [2.24, 2.45) is 0 Å². The van der Waals surface area contributed by atoms with E-state index in [1.165, 1.54) is 6.20 Å². The van der Waals surface area contributed by atoms with E-state index in [0.717, 1.165) is 0 Å². The monoisotopic (exact) mass is 263 g/mol. The third kappa shape index (κ3) is 2.33. The first-order valence-corrected chi connectivity index (χ1v) is 5.48. The van der Waals surface area contributed by atoms with Crippen molar-refractivity contribution in [3.05, 3.63) is 46.1 Å². The fourth-order valence-corrected chi connectivity index (χ4v) is 2.02. The van der Waals surface area contributed by atoms with Crippen molar-refractivity contribution in [1.29, 1.82) is 5.26 Å². The van der Waals surface area contributed by atoms with Gasteiger partial charge in [0.05, 0.1) is 16.9 Å². The number of hydrogen-bond donors (Lipinski definition) is 1. The SMILES string of the molecule is N#Cc1ccnc(-c2cc(Cl)cc(Cl)c2)c1N. The quantitative estimate of drug-likeness (QED) is 0.857. The smallest absolute Gasteiger partial charge is 0.101 e. The van der Waals surface area contributed by atoms with Crippen LogP contribution < -0.4 is 5.73 Å². The Morgan fingerprint density at radius 2 is 1.82 bits per heavy atom. The molecule has 3 nitrogen and oxygen atoms in total. The van der Waals surface area contributed by atoms with Gasteiger partial charge in [-0.15, -0.1) is 0 Å². The van der Waals surface area contributed by atoms with E-state index in [9.17, 15) is 0 Å². The lowest BCUT2D eigenvalue weighted by Gasteiger charge is -2.07. The zero-order chi connectivity index (χ0) is 12.4. The van der Waals surface area contributed by atoms with Gasteiger partial charge >= 0.3 is 0 Å².